The Bertz CT molecular complexity index is 281. The maximum absolute atomic E-state index is 9.40. The third-order valence-electron chi connectivity index (χ3n) is 1.77. The van der Waals surface area contributed by atoms with E-state index in [2.05, 4.69) is 0 Å². The molecule has 0 amide bonds. The molecule has 72 valence electrons. The van der Waals surface area contributed by atoms with Crippen LogP contribution in [0.1, 0.15) is 12.5 Å². The van der Waals surface area contributed by atoms with Crippen LogP contribution in [-0.2, 0) is 6.42 Å². The number of benzene rings is 1. The van der Waals surface area contributed by atoms with E-state index in [0.717, 1.165) is 5.56 Å². The van der Waals surface area contributed by atoms with Crippen molar-refractivity contribution in [2.75, 3.05) is 7.11 Å². The van der Waals surface area contributed by atoms with Gasteiger partial charge in [0.2, 0.25) is 0 Å². The number of rotatable bonds is 3. The van der Waals surface area contributed by atoms with Gasteiger partial charge in [0, 0.05) is 0 Å². The zero-order valence-electron chi connectivity index (χ0n) is 7.82. The highest BCUT2D eigenvalue weighted by Crippen LogP contribution is 2.26. The van der Waals surface area contributed by atoms with Crippen molar-refractivity contribution in [3.05, 3.63) is 23.8 Å². The van der Waals surface area contributed by atoms with E-state index in [1.807, 2.05) is 6.07 Å². The number of hydrogen-bond acceptors (Lipinski definition) is 3. The molecule has 3 nitrogen and oxygen atoms in total. The van der Waals surface area contributed by atoms with Crippen molar-refractivity contribution < 1.29 is 14.9 Å². The first kappa shape index (κ1) is 9.86. The third-order valence-corrected chi connectivity index (χ3v) is 1.77. The number of hydrogen-bond donors (Lipinski definition) is 2. The molecule has 1 aromatic carbocycles. The van der Waals surface area contributed by atoms with E-state index in [-0.39, 0.29) is 5.75 Å². The van der Waals surface area contributed by atoms with Crippen LogP contribution < -0.4 is 4.74 Å². The highest BCUT2D eigenvalue weighted by atomic mass is 16.5. The summed E-state index contributed by atoms with van der Waals surface area (Å²) >= 11 is 0. The third kappa shape index (κ3) is 2.63. The fourth-order valence-electron chi connectivity index (χ4n) is 1.20. The van der Waals surface area contributed by atoms with Gasteiger partial charge in [-0.1, -0.05) is 6.07 Å². The Kier molecular flexibility index (Phi) is 3.14. The van der Waals surface area contributed by atoms with Crippen molar-refractivity contribution in [2.45, 2.75) is 19.4 Å². The van der Waals surface area contributed by atoms with Crippen LogP contribution in [0.5, 0.6) is 11.5 Å². The van der Waals surface area contributed by atoms with Crippen molar-refractivity contribution in [3.8, 4) is 11.5 Å². The molecule has 2 N–H and O–H groups in total. The average Bonchev–Trinajstić information content (AvgIpc) is 2.03. The van der Waals surface area contributed by atoms with E-state index in [4.69, 9.17) is 9.84 Å². The van der Waals surface area contributed by atoms with E-state index in [9.17, 15) is 5.11 Å². The second kappa shape index (κ2) is 4.14. The number of aliphatic hydroxyl groups is 1. The largest absolute Gasteiger partial charge is 0.504 e. The van der Waals surface area contributed by atoms with Gasteiger partial charge < -0.3 is 14.9 Å². The summed E-state index contributed by atoms with van der Waals surface area (Å²) in [6, 6.07) is 5.11. The van der Waals surface area contributed by atoms with Crippen molar-refractivity contribution in [2.24, 2.45) is 0 Å². The van der Waals surface area contributed by atoms with Gasteiger partial charge in [-0.3, -0.25) is 0 Å². The lowest BCUT2D eigenvalue weighted by Gasteiger charge is -2.07. The zero-order chi connectivity index (χ0) is 9.84. The number of aromatic hydroxyl groups is 1. The Morgan fingerprint density at radius 2 is 2.15 bits per heavy atom. The molecule has 0 aromatic heterocycles. The van der Waals surface area contributed by atoms with E-state index in [1.54, 1.807) is 19.1 Å². The van der Waals surface area contributed by atoms with Crippen LogP contribution in [0.3, 0.4) is 0 Å². The molecule has 1 atom stereocenters. The van der Waals surface area contributed by atoms with Crippen LogP contribution in [0.4, 0.5) is 0 Å². The van der Waals surface area contributed by atoms with E-state index in [1.165, 1.54) is 7.11 Å². The summed E-state index contributed by atoms with van der Waals surface area (Å²) in [4.78, 5) is 0. The molecule has 0 saturated heterocycles. The number of methoxy groups -OCH3 is 1. The smallest absolute Gasteiger partial charge is 0.160 e. The quantitative estimate of drug-likeness (QED) is 0.741. The van der Waals surface area contributed by atoms with Gasteiger partial charge in [-0.05, 0) is 31.0 Å². The molecule has 0 radical (unpaired) electrons. The van der Waals surface area contributed by atoms with Crippen LogP contribution in [-0.4, -0.2) is 23.4 Å². The summed E-state index contributed by atoms with van der Waals surface area (Å²) in [5, 5.41) is 18.5. The lowest BCUT2D eigenvalue weighted by molar-refractivity contribution is 0.195. The van der Waals surface area contributed by atoms with Gasteiger partial charge in [0.1, 0.15) is 0 Å². The molecule has 13 heavy (non-hydrogen) atoms. The molecule has 0 heterocycles. The first-order chi connectivity index (χ1) is 6.13. The highest BCUT2D eigenvalue weighted by molar-refractivity contribution is 5.41. The SMILES string of the molecule is COc1ccc(CC(C)O)cc1O. The monoisotopic (exact) mass is 182 g/mol. The molecule has 0 aliphatic heterocycles. The van der Waals surface area contributed by atoms with Crippen LogP contribution in [0.15, 0.2) is 18.2 Å². The predicted molar refractivity (Wildman–Crippen MR) is 50.0 cm³/mol. The van der Waals surface area contributed by atoms with Gasteiger partial charge in [-0.25, -0.2) is 0 Å². The number of ether oxygens (including phenoxy) is 1. The van der Waals surface area contributed by atoms with Crippen molar-refractivity contribution in [1.29, 1.82) is 0 Å². The normalized spacial score (nSPS) is 12.5. The lowest BCUT2D eigenvalue weighted by atomic mass is 10.1. The molecule has 0 fully saturated rings. The molecule has 3 heteroatoms. The minimum Gasteiger partial charge on any atom is -0.504 e. The van der Waals surface area contributed by atoms with Crippen LogP contribution in [0, 0.1) is 0 Å². The summed E-state index contributed by atoms with van der Waals surface area (Å²) in [7, 11) is 1.50. The number of phenolic OH excluding ortho intramolecular Hbond substituents is 1. The number of aliphatic hydroxyl groups excluding tert-OH is 1. The molecule has 0 aliphatic carbocycles. The van der Waals surface area contributed by atoms with Gasteiger partial charge >= 0.3 is 0 Å². The van der Waals surface area contributed by atoms with Crippen molar-refractivity contribution >= 4 is 0 Å². The summed E-state index contributed by atoms with van der Waals surface area (Å²) in [5.41, 5.74) is 0.897. The molecule has 0 aliphatic rings. The minimum absolute atomic E-state index is 0.112. The Balaban J connectivity index is 2.83. The molecular weight excluding hydrogens is 168 g/mol. The molecular formula is C10H14O3. The van der Waals surface area contributed by atoms with Crippen LogP contribution in [0.2, 0.25) is 0 Å². The summed E-state index contributed by atoms with van der Waals surface area (Å²) in [6.07, 6.45) is 0.144. The lowest BCUT2D eigenvalue weighted by Crippen LogP contribution is -2.03. The summed E-state index contributed by atoms with van der Waals surface area (Å²) < 4.78 is 4.89. The second-order valence-electron chi connectivity index (χ2n) is 3.06. The van der Waals surface area contributed by atoms with Crippen LogP contribution in [0.25, 0.3) is 0 Å². The topological polar surface area (TPSA) is 49.7 Å². The van der Waals surface area contributed by atoms with Gasteiger partial charge in [0.05, 0.1) is 13.2 Å². The second-order valence-corrected chi connectivity index (χ2v) is 3.06. The Labute approximate surface area is 77.6 Å². The van der Waals surface area contributed by atoms with Crippen molar-refractivity contribution in [3.63, 3.8) is 0 Å². The molecule has 0 saturated carbocycles. The maximum Gasteiger partial charge on any atom is 0.160 e. The average molecular weight is 182 g/mol. The molecule has 1 aromatic rings. The first-order valence-corrected chi connectivity index (χ1v) is 4.17. The summed E-state index contributed by atoms with van der Waals surface area (Å²) in [5.74, 6) is 0.565. The Hall–Kier alpha value is -1.22. The van der Waals surface area contributed by atoms with E-state index >= 15 is 0 Å². The highest BCUT2D eigenvalue weighted by Gasteiger charge is 2.04. The predicted octanol–water partition coefficient (Wildman–Crippen LogP) is 1.32. The fourth-order valence-corrected chi connectivity index (χ4v) is 1.20. The maximum atomic E-state index is 9.40. The van der Waals surface area contributed by atoms with Crippen LogP contribution >= 0.6 is 0 Å². The Morgan fingerprint density at radius 3 is 2.62 bits per heavy atom. The summed E-state index contributed by atoms with van der Waals surface area (Å²) in [6.45, 7) is 1.71. The molecule has 1 rings (SSSR count). The van der Waals surface area contributed by atoms with E-state index in [0.29, 0.717) is 12.2 Å². The zero-order valence-corrected chi connectivity index (χ0v) is 7.82. The van der Waals surface area contributed by atoms with Gasteiger partial charge in [-0.15, -0.1) is 0 Å². The molecule has 0 bridgehead atoms. The minimum atomic E-state index is -0.396. The molecule has 0 spiro atoms. The molecule has 1 unspecified atom stereocenters. The van der Waals surface area contributed by atoms with Crippen molar-refractivity contribution in [1.82, 2.24) is 0 Å². The van der Waals surface area contributed by atoms with Gasteiger partial charge in [-0.2, -0.15) is 0 Å². The van der Waals surface area contributed by atoms with Gasteiger partial charge in [0.15, 0.2) is 11.5 Å². The van der Waals surface area contributed by atoms with E-state index < -0.39 is 6.10 Å². The standard InChI is InChI=1S/C10H14O3/c1-7(11)5-8-3-4-10(13-2)9(12)6-8/h3-4,6-7,11-12H,5H2,1-2H3. The Morgan fingerprint density at radius 1 is 1.46 bits per heavy atom. The fraction of sp³-hybridized carbons (Fsp3) is 0.400. The first-order valence-electron chi connectivity index (χ1n) is 4.17. The number of phenols is 1. The van der Waals surface area contributed by atoms with Gasteiger partial charge in [0.25, 0.3) is 0 Å².